The van der Waals surface area contributed by atoms with Crippen LogP contribution in [0.15, 0.2) is 152 Å². The molecule has 0 bridgehead atoms. The minimum Gasteiger partial charge on any atom is -0.344 e. The third-order valence-corrected chi connectivity index (χ3v) is 9.36. The van der Waals surface area contributed by atoms with E-state index in [9.17, 15) is 0 Å². The number of imidazole rings is 1. The van der Waals surface area contributed by atoms with Gasteiger partial charge in [0.2, 0.25) is 0 Å². The molecule has 0 unspecified atom stereocenters. The van der Waals surface area contributed by atoms with Crippen molar-refractivity contribution < 1.29 is 0 Å². The van der Waals surface area contributed by atoms with Gasteiger partial charge in [0.15, 0.2) is 0 Å². The van der Waals surface area contributed by atoms with Crippen LogP contribution in [0.2, 0.25) is 0 Å². The Labute approximate surface area is 273 Å². The lowest BCUT2D eigenvalue weighted by Gasteiger charge is -2.20. The Kier molecular flexibility index (Phi) is 6.29. The molecule has 3 heteroatoms. The van der Waals surface area contributed by atoms with E-state index in [2.05, 4.69) is 149 Å². The number of aromatic nitrogens is 2. The molecule has 0 fully saturated rings. The van der Waals surface area contributed by atoms with Gasteiger partial charge in [-0.1, -0.05) is 140 Å². The number of nitrogens with zero attached hydrogens (tertiary/aromatic N) is 1. The summed E-state index contributed by atoms with van der Waals surface area (Å²) in [7, 11) is 0. The molecule has 7 aromatic carbocycles. The fourth-order valence-electron chi connectivity index (χ4n) is 7.39. The lowest BCUT2D eigenvalue weighted by Crippen LogP contribution is -1.93. The Morgan fingerprint density at radius 1 is 0.468 bits per heavy atom. The zero-order chi connectivity index (χ0) is 31.3. The molecule has 0 spiro atoms. The Morgan fingerprint density at radius 2 is 1.02 bits per heavy atom. The first kappa shape index (κ1) is 27.0. The smallest absolute Gasteiger partial charge is 0.130 e. The first-order valence-corrected chi connectivity index (χ1v) is 15.9. The highest BCUT2D eigenvalue weighted by atomic mass is 14.9. The van der Waals surface area contributed by atoms with E-state index in [0.717, 1.165) is 17.1 Å². The molecule has 1 aliphatic rings. The van der Waals surface area contributed by atoms with Gasteiger partial charge < -0.3 is 10.4 Å². The van der Waals surface area contributed by atoms with E-state index in [1.165, 1.54) is 83.4 Å². The van der Waals surface area contributed by atoms with Crippen LogP contribution < -0.4 is 0 Å². The average molecular weight is 600 g/mol. The number of aromatic amines is 1. The zero-order valence-corrected chi connectivity index (χ0v) is 25.5. The second-order valence-corrected chi connectivity index (χ2v) is 11.9. The van der Waals surface area contributed by atoms with Gasteiger partial charge >= 0.3 is 0 Å². The van der Waals surface area contributed by atoms with Gasteiger partial charge in [-0.3, -0.25) is 0 Å². The van der Waals surface area contributed by atoms with Crippen LogP contribution in [0.5, 0.6) is 0 Å². The molecule has 2 N–H and O–H groups in total. The normalized spacial score (nSPS) is 11.8. The molecule has 1 heterocycles. The summed E-state index contributed by atoms with van der Waals surface area (Å²) < 4.78 is 0. The van der Waals surface area contributed by atoms with Crippen LogP contribution in [-0.2, 0) is 0 Å². The summed E-state index contributed by atoms with van der Waals surface area (Å²) in [6, 6.07) is 50.7. The summed E-state index contributed by atoms with van der Waals surface area (Å²) in [4.78, 5) is 7.85. The van der Waals surface area contributed by atoms with Crippen molar-refractivity contribution in [1.29, 1.82) is 5.41 Å². The lowest BCUT2D eigenvalue weighted by molar-refractivity contribution is 1.27. The molecule has 1 aromatic heterocycles. The number of hydrogen-bond donors (Lipinski definition) is 2. The van der Waals surface area contributed by atoms with Crippen molar-refractivity contribution in [3.05, 3.63) is 158 Å². The molecule has 220 valence electrons. The van der Waals surface area contributed by atoms with E-state index in [1.54, 1.807) is 12.2 Å². The summed E-state index contributed by atoms with van der Waals surface area (Å²) in [5, 5.41) is 12.3. The summed E-state index contributed by atoms with van der Waals surface area (Å²) in [6.45, 7) is 0. The van der Waals surface area contributed by atoms with Gasteiger partial charge in [-0.25, -0.2) is 4.98 Å². The predicted octanol–water partition coefficient (Wildman–Crippen LogP) is 11.7. The fourth-order valence-corrected chi connectivity index (χ4v) is 7.39. The quantitative estimate of drug-likeness (QED) is 0.184. The van der Waals surface area contributed by atoms with Crippen molar-refractivity contribution in [2.24, 2.45) is 0 Å². The van der Waals surface area contributed by atoms with Crippen LogP contribution in [0.25, 0.3) is 94.5 Å². The van der Waals surface area contributed by atoms with Gasteiger partial charge in [0, 0.05) is 18.0 Å². The molecule has 0 saturated heterocycles. The van der Waals surface area contributed by atoms with Crippen molar-refractivity contribution in [2.75, 3.05) is 0 Å². The molecular formula is C44H29N3. The maximum Gasteiger partial charge on any atom is 0.130 e. The summed E-state index contributed by atoms with van der Waals surface area (Å²) >= 11 is 0. The van der Waals surface area contributed by atoms with Gasteiger partial charge in [-0.05, 0) is 89.3 Å². The van der Waals surface area contributed by atoms with E-state index < -0.39 is 0 Å². The minimum absolute atomic E-state index is 0.733. The molecule has 8 aromatic rings. The van der Waals surface area contributed by atoms with E-state index in [0.29, 0.717) is 0 Å². The molecule has 0 radical (unpaired) electrons. The first-order valence-electron chi connectivity index (χ1n) is 15.9. The monoisotopic (exact) mass is 599 g/mol. The van der Waals surface area contributed by atoms with E-state index >= 15 is 0 Å². The average Bonchev–Trinajstić information content (AvgIpc) is 3.75. The minimum atomic E-state index is 0.733. The molecule has 1 aliphatic carbocycles. The third kappa shape index (κ3) is 4.28. The van der Waals surface area contributed by atoms with Crippen LogP contribution in [0.4, 0.5) is 0 Å². The number of nitrogens with one attached hydrogen (secondary N) is 2. The van der Waals surface area contributed by atoms with Gasteiger partial charge in [0.1, 0.15) is 5.82 Å². The lowest BCUT2D eigenvalue weighted by atomic mass is 9.82. The molecule has 0 aliphatic heterocycles. The van der Waals surface area contributed by atoms with Crippen LogP contribution in [-0.4, -0.2) is 16.2 Å². The summed E-state index contributed by atoms with van der Waals surface area (Å²) in [5.74, 6) is 0.733. The third-order valence-electron chi connectivity index (χ3n) is 9.36. The summed E-state index contributed by atoms with van der Waals surface area (Å²) in [5.41, 5.74) is 14.6. The number of allylic oxidation sites excluding steroid dienone is 1. The Bertz CT molecular complexity index is 2410. The van der Waals surface area contributed by atoms with E-state index in [-0.39, 0.29) is 0 Å². The molecule has 0 atom stereocenters. The number of hydrogen-bond acceptors (Lipinski definition) is 2. The summed E-state index contributed by atoms with van der Waals surface area (Å²) in [6.07, 6.45) is 6.62. The van der Waals surface area contributed by atoms with E-state index in [1.807, 2.05) is 6.20 Å². The highest BCUT2D eigenvalue weighted by Crippen LogP contribution is 2.58. The second kappa shape index (κ2) is 10.9. The van der Waals surface area contributed by atoms with Crippen LogP contribution >= 0.6 is 0 Å². The number of H-pyrrole nitrogens is 1. The number of benzene rings is 7. The maximum absolute atomic E-state index is 7.23. The van der Waals surface area contributed by atoms with Gasteiger partial charge in [0.05, 0.1) is 5.69 Å². The van der Waals surface area contributed by atoms with Gasteiger partial charge in [0.25, 0.3) is 0 Å². The second-order valence-electron chi connectivity index (χ2n) is 11.9. The highest BCUT2D eigenvalue weighted by Gasteiger charge is 2.31. The van der Waals surface area contributed by atoms with Crippen molar-refractivity contribution >= 4 is 33.8 Å². The Balaban J connectivity index is 1.28. The standard InChI is InChI=1S/C44H29N3/c45-26-10-19-39-46-27-38(47-39)29-22-20-28(21-23-29)32-24-25-37-42-33(32)17-9-18-36(42)43-40(30-11-3-1-4-12-30)34-15-7-8-16-35(34)41(44(37)43)31-13-5-2-6-14-31/h1-27,45H,(H,46,47)/b19-10-,45-26?. The maximum atomic E-state index is 7.23. The van der Waals surface area contributed by atoms with E-state index in [4.69, 9.17) is 5.41 Å². The molecule has 0 saturated carbocycles. The largest absolute Gasteiger partial charge is 0.344 e. The Morgan fingerprint density at radius 3 is 1.66 bits per heavy atom. The van der Waals surface area contributed by atoms with Gasteiger partial charge in [-0.2, -0.15) is 0 Å². The van der Waals surface area contributed by atoms with Crippen LogP contribution in [0, 0.1) is 5.41 Å². The number of fused-ring (bicyclic) bond motifs is 4. The topological polar surface area (TPSA) is 52.5 Å². The first-order chi connectivity index (χ1) is 23.3. The van der Waals surface area contributed by atoms with Crippen molar-refractivity contribution in [1.82, 2.24) is 9.97 Å². The molecular weight excluding hydrogens is 571 g/mol. The molecule has 47 heavy (non-hydrogen) atoms. The zero-order valence-electron chi connectivity index (χ0n) is 25.5. The fraction of sp³-hybridized carbons (Fsp3) is 0. The van der Waals surface area contributed by atoms with Crippen molar-refractivity contribution in [2.45, 2.75) is 0 Å². The van der Waals surface area contributed by atoms with Gasteiger partial charge in [-0.15, -0.1) is 0 Å². The molecule has 9 rings (SSSR count). The van der Waals surface area contributed by atoms with Crippen LogP contribution in [0.3, 0.4) is 0 Å². The predicted molar refractivity (Wildman–Crippen MR) is 198 cm³/mol. The Hall–Kier alpha value is -6.32. The molecule has 3 nitrogen and oxygen atoms in total. The van der Waals surface area contributed by atoms with Crippen LogP contribution in [0.1, 0.15) is 5.82 Å². The SMILES string of the molecule is N=C/C=C\c1nc(-c2ccc(-c3ccc4c5c(cccc35)-c3c-4c(-c4ccccc4)c4ccccc4c3-c3ccccc3)cc2)c[nH]1. The molecule has 0 amide bonds. The van der Waals surface area contributed by atoms with Crippen molar-refractivity contribution in [3.63, 3.8) is 0 Å². The van der Waals surface area contributed by atoms with Crippen molar-refractivity contribution in [3.8, 4) is 66.9 Å². The highest BCUT2D eigenvalue weighted by molar-refractivity contribution is 6.28. The number of rotatable bonds is 6.